The normalized spacial score (nSPS) is 19.2. The third kappa shape index (κ3) is 2.48. The van der Waals surface area contributed by atoms with Crippen molar-refractivity contribution in [2.45, 2.75) is 32.6 Å². The number of carbonyl (C=O) groups excluding carboxylic acids is 1. The van der Waals surface area contributed by atoms with E-state index in [9.17, 15) is 4.79 Å². The van der Waals surface area contributed by atoms with Crippen molar-refractivity contribution >= 4 is 5.91 Å². The number of carbonyl (C=O) groups is 1. The zero-order valence-electron chi connectivity index (χ0n) is 8.25. The molecule has 1 atom stereocenters. The van der Waals surface area contributed by atoms with E-state index >= 15 is 0 Å². The Kier molecular flexibility index (Phi) is 3.82. The predicted octanol–water partition coefficient (Wildman–Crippen LogP) is 1.66. The molecule has 1 aliphatic heterocycles. The van der Waals surface area contributed by atoms with Gasteiger partial charge in [0, 0.05) is 13.1 Å². The van der Waals surface area contributed by atoms with Gasteiger partial charge >= 0.3 is 0 Å². The molecule has 0 N–H and O–H groups in total. The van der Waals surface area contributed by atoms with E-state index in [1.165, 1.54) is 6.42 Å². The third-order valence-corrected chi connectivity index (χ3v) is 2.58. The fourth-order valence-electron chi connectivity index (χ4n) is 1.70. The number of likely N-dealkylation sites (tertiary alicyclic amines) is 1. The molecule has 0 spiro atoms. The van der Waals surface area contributed by atoms with Crippen LogP contribution in [-0.4, -0.2) is 23.9 Å². The fourth-order valence-corrected chi connectivity index (χ4v) is 1.70. The molecule has 1 saturated heterocycles. The van der Waals surface area contributed by atoms with E-state index in [1.54, 1.807) is 0 Å². The first-order valence-corrected chi connectivity index (χ1v) is 5.04. The highest BCUT2D eigenvalue weighted by molar-refractivity contribution is 5.81. The van der Waals surface area contributed by atoms with Crippen molar-refractivity contribution in [3.05, 3.63) is 0 Å². The first kappa shape index (κ1) is 10.1. The van der Waals surface area contributed by atoms with Crippen LogP contribution >= 0.6 is 0 Å². The minimum atomic E-state index is -0.196. The van der Waals surface area contributed by atoms with E-state index in [2.05, 4.69) is 5.92 Å². The number of hydrogen-bond acceptors (Lipinski definition) is 1. The summed E-state index contributed by atoms with van der Waals surface area (Å²) in [6.45, 7) is 3.76. The van der Waals surface area contributed by atoms with E-state index < -0.39 is 0 Å². The van der Waals surface area contributed by atoms with Crippen molar-refractivity contribution in [2.75, 3.05) is 13.1 Å². The molecule has 0 aromatic carbocycles. The van der Waals surface area contributed by atoms with Gasteiger partial charge in [-0.1, -0.05) is 12.8 Å². The van der Waals surface area contributed by atoms with Gasteiger partial charge in [0.1, 0.15) is 0 Å². The summed E-state index contributed by atoms with van der Waals surface area (Å²) in [6, 6.07) is 0. The lowest BCUT2D eigenvalue weighted by atomic mass is 10.0. The molecule has 1 unspecified atom stereocenters. The molecule has 0 saturated carbocycles. The smallest absolute Gasteiger partial charge is 0.237 e. The van der Waals surface area contributed by atoms with Gasteiger partial charge in [-0.3, -0.25) is 4.79 Å². The van der Waals surface area contributed by atoms with Crippen LogP contribution in [0.3, 0.4) is 0 Å². The second-order valence-electron chi connectivity index (χ2n) is 3.51. The van der Waals surface area contributed by atoms with Crippen molar-refractivity contribution in [1.29, 1.82) is 0 Å². The Hall–Kier alpha value is -0.970. The topological polar surface area (TPSA) is 20.3 Å². The number of amides is 1. The van der Waals surface area contributed by atoms with Crippen LogP contribution in [0.4, 0.5) is 0 Å². The van der Waals surface area contributed by atoms with Crippen LogP contribution in [0, 0.1) is 18.3 Å². The lowest BCUT2D eigenvalue weighted by Crippen LogP contribution is -2.39. The van der Waals surface area contributed by atoms with Gasteiger partial charge in [0.25, 0.3) is 0 Å². The van der Waals surface area contributed by atoms with Crippen LogP contribution in [0.15, 0.2) is 0 Å². The zero-order valence-corrected chi connectivity index (χ0v) is 8.25. The van der Waals surface area contributed by atoms with E-state index in [-0.39, 0.29) is 11.8 Å². The highest BCUT2D eigenvalue weighted by Crippen LogP contribution is 2.13. The Morgan fingerprint density at radius 3 is 2.54 bits per heavy atom. The van der Waals surface area contributed by atoms with Crippen molar-refractivity contribution in [3.8, 4) is 12.3 Å². The van der Waals surface area contributed by atoms with Gasteiger partial charge in [-0.15, -0.1) is 6.42 Å². The minimum Gasteiger partial charge on any atom is -0.342 e. The van der Waals surface area contributed by atoms with Crippen LogP contribution in [0.25, 0.3) is 0 Å². The summed E-state index contributed by atoms with van der Waals surface area (Å²) >= 11 is 0. The summed E-state index contributed by atoms with van der Waals surface area (Å²) in [5, 5.41) is 0. The number of terminal acetylenes is 1. The fraction of sp³-hybridized carbons (Fsp3) is 0.727. The van der Waals surface area contributed by atoms with Gasteiger partial charge in [0.05, 0.1) is 5.92 Å². The lowest BCUT2D eigenvalue weighted by Gasteiger charge is -2.28. The predicted molar refractivity (Wildman–Crippen MR) is 53.0 cm³/mol. The summed E-state index contributed by atoms with van der Waals surface area (Å²) in [4.78, 5) is 13.7. The molecular formula is C11H17NO. The third-order valence-electron chi connectivity index (χ3n) is 2.58. The quantitative estimate of drug-likeness (QED) is 0.590. The molecule has 1 rings (SSSR count). The summed E-state index contributed by atoms with van der Waals surface area (Å²) in [5.41, 5.74) is 0. The second-order valence-corrected chi connectivity index (χ2v) is 3.51. The number of piperidine rings is 1. The molecule has 0 bridgehead atoms. The molecule has 13 heavy (non-hydrogen) atoms. The van der Waals surface area contributed by atoms with Gasteiger partial charge in [-0.25, -0.2) is 0 Å². The van der Waals surface area contributed by atoms with Crippen LogP contribution in [0.5, 0.6) is 0 Å². The highest BCUT2D eigenvalue weighted by Gasteiger charge is 2.22. The Labute approximate surface area is 80.3 Å². The summed E-state index contributed by atoms with van der Waals surface area (Å²) in [7, 11) is 0. The van der Waals surface area contributed by atoms with Crippen molar-refractivity contribution in [3.63, 3.8) is 0 Å². The molecule has 0 radical (unpaired) electrons. The Bertz CT molecular complexity index is 211. The summed E-state index contributed by atoms with van der Waals surface area (Å²) < 4.78 is 0. The van der Waals surface area contributed by atoms with Crippen LogP contribution in [-0.2, 0) is 4.79 Å². The Balaban J connectivity index is 2.50. The monoisotopic (exact) mass is 179 g/mol. The van der Waals surface area contributed by atoms with Crippen molar-refractivity contribution < 1.29 is 4.79 Å². The maximum Gasteiger partial charge on any atom is 0.237 e. The first-order valence-electron chi connectivity index (χ1n) is 5.04. The SMILES string of the molecule is C#CC(CC)C(=O)N1CCCCC1. The Morgan fingerprint density at radius 2 is 2.08 bits per heavy atom. The van der Waals surface area contributed by atoms with Gasteiger partial charge in [0.15, 0.2) is 0 Å². The van der Waals surface area contributed by atoms with Gasteiger partial charge in [-0.2, -0.15) is 0 Å². The molecule has 2 nitrogen and oxygen atoms in total. The molecule has 1 fully saturated rings. The number of hydrogen-bond donors (Lipinski definition) is 0. The molecule has 2 heteroatoms. The molecule has 72 valence electrons. The van der Waals surface area contributed by atoms with E-state index in [0.29, 0.717) is 0 Å². The number of nitrogens with zero attached hydrogens (tertiary/aromatic N) is 1. The van der Waals surface area contributed by atoms with Gasteiger partial charge in [0.2, 0.25) is 5.91 Å². The lowest BCUT2D eigenvalue weighted by molar-refractivity contribution is -0.134. The maximum absolute atomic E-state index is 11.7. The summed E-state index contributed by atoms with van der Waals surface area (Å²) in [5.74, 6) is 2.52. The number of rotatable bonds is 2. The van der Waals surface area contributed by atoms with E-state index in [0.717, 1.165) is 32.4 Å². The average Bonchev–Trinajstić information content (AvgIpc) is 2.21. The van der Waals surface area contributed by atoms with Gasteiger partial charge in [-0.05, 0) is 25.7 Å². The maximum atomic E-state index is 11.7. The second kappa shape index (κ2) is 4.91. The highest BCUT2D eigenvalue weighted by atomic mass is 16.2. The zero-order chi connectivity index (χ0) is 9.68. The van der Waals surface area contributed by atoms with E-state index in [1.807, 2.05) is 11.8 Å². The van der Waals surface area contributed by atoms with Crippen LogP contribution in [0.2, 0.25) is 0 Å². The molecule has 0 aromatic heterocycles. The molecule has 0 aromatic rings. The van der Waals surface area contributed by atoms with Crippen LogP contribution < -0.4 is 0 Å². The van der Waals surface area contributed by atoms with Crippen molar-refractivity contribution in [1.82, 2.24) is 4.90 Å². The average molecular weight is 179 g/mol. The summed E-state index contributed by atoms with van der Waals surface area (Å²) in [6.07, 6.45) is 9.56. The van der Waals surface area contributed by atoms with Crippen molar-refractivity contribution in [2.24, 2.45) is 5.92 Å². The van der Waals surface area contributed by atoms with Crippen LogP contribution in [0.1, 0.15) is 32.6 Å². The largest absolute Gasteiger partial charge is 0.342 e. The first-order chi connectivity index (χ1) is 6.29. The molecule has 1 amide bonds. The molecular weight excluding hydrogens is 162 g/mol. The Morgan fingerprint density at radius 1 is 1.46 bits per heavy atom. The minimum absolute atomic E-state index is 0.157. The standard InChI is InChI=1S/C11H17NO/c1-3-10(4-2)11(13)12-8-6-5-7-9-12/h1,10H,4-9H2,2H3. The van der Waals surface area contributed by atoms with Gasteiger partial charge < -0.3 is 4.90 Å². The van der Waals surface area contributed by atoms with E-state index in [4.69, 9.17) is 6.42 Å². The molecule has 0 aliphatic carbocycles. The molecule has 1 aliphatic rings. The molecule has 1 heterocycles.